The maximum Gasteiger partial charge on any atom is 0.375 e. The Bertz CT molecular complexity index is 477. The quantitative estimate of drug-likeness (QED) is 0.649. The van der Waals surface area contributed by atoms with Gasteiger partial charge >= 0.3 is 5.97 Å². The maximum absolute atomic E-state index is 10.5. The van der Waals surface area contributed by atoms with Gasteiger partial charge in [-0.1, -0.05) is 0 Å². The topological polar surface area (TPSA) is 87.7 Å². The number of fused-ring (bicyclic) bond motifs is 1. The van der Waals surface area contributed by atoms with Crippen molar-refractivity contribution in [2.75, 3.05) is 0 Å². The summed E-state index contributed by atoms with van der Waals surface area (Å²) in [5, 5.41) is 21.4. The van der Waals surface area contributed by atoms with Crippen LogP contribution in [0.4, 0.5) is 0 Å². The Balaban J connectivity index is 2.75. The van der Waals surface area contributed by atoms with Crippen LogP contribution < -0.4 is 0 Å². The Hall–Kier alpha value is -2.11. The summed E-state index contributed by atoms with van der Waals surface area (Å²) in [5.74, 6) is -1.65. The average molecular weight is 179 g/mol. The number of carboxylic acids is 1. The zero-order valence-electron chi connectivity index (χ0n) is 6.38. The Morgan fingerprint density at radius 2 is 2.31 bits per heavy atom. The average Bonchev–Trinajstić information content (AvgIpc) is 2.49. The van der Waals surface area contributed by atoms with Gasteiger partial charge in [-0.3, -0.25) is 0 Å². The molecule has 0 saturated heterocycles. The molecule has 2 rings (SSSR count). The molecule has 6 nitrogen and oxygen atoms in total. The number of aromatic carboxylic acids is 1. The van der Waals surface area contributed by atoms with Crippen LogP contribution in [-0.2, 0) is 0 Å². The number of carboxylic acid groups (broad SMARTS) is 1. The van der Waals surface area contributed by atoms with E-state index in [1.165, 1.54) is 16.8 Å². The van der Waals surface area contributed by atoms with E-state index in [9.17, 15) is 9.90 Å². The van der Waals surface area contributed by atoms with E-state index in [0.29, 0.717) is 0 Å². The van der Waals surface area contributed by atoms with E-state index in [-0.39, 0.29) is 17.2 Å². The first kappa shape index (κ1) is 7.53. The van der Waals surface area contributed by atoms with Crippen molar-refractivity contribution in [3.63, 3.8) is 0 Å². The number of nitrogens with zero attached hydrogens (tertiary/aromatic N) is 3. The molecule has 2 heterocycles. The molecule has 0 aromatic carbocycles. The zero-order chi connectivity index (χ0) is 9.42. The smallest absolute Gasteiger partial charge is 0.375 e. The van der Waals surface area contributed by atoms with E-state index in [4.69, 9.17) is 5.11 Å². The van der Waals surface area contributed by atoms with Crippen LogP contribution in [0.5, 0.6) is 5.75 Å². The predicted octanol–water partition coefficient (Wildman–Crippen LogP) is 0.133. The number of hydrogen-bond donors (Lipinski definition) is 2. The van der Waals surface area contributed by atoms with Crippen LogP contribution in [0.3, 0.4) is 0 Å². The summed E-state index contributed by atoms with van der Waals surface area (Å²) in [6, 6.07) is 2.96. The molecule has 0 atom stereocenters. The standard InChI is InChI=1S/C7H5N3O3/c11-4-2-1-3-10-6(4)8-5(9-10)7(12)13/h1-3,11H,(H,12,13). The largest absolute Gasteiger partial charge is 0.504 e. The van der Waals surface area contributed by atoms with Crippen molar-refractivity contribution in [3.05, 3.63) is 24.2 Å². The normalized spacial score (nSPS) is 10.5. The van der Waals surface area contributed by atoms with Gasteiger partial charge in [0.2, 0.25) is 0 Å². The van der Waals surface area contributed by atoms with Crippen molar-refractivity contribution in [3.8, 4) is 5.75 Å². The highest BCUT2D eigenvalue weighted by molar-refractivity contribution is 5.84. The minimum Gasteiger partial charge on any atom is -0.504 e. The van der Waals surface area contributed by atoms with E-state index in [2.05, 4.69) is 10.1 Å². The molecule has 0 fully saturated rings. The summed E-state index contributed by atoms with van der Waals surface area (Å²) in [5.41, 5.74) is 0.139. The van der Waals surface area contributed by atoms with E-state index in [1.807, 2.05) is 0 Å². The van der Waals surface area contributed by atoms with Crippen LogP contribution in [0.15, 0.2) is 18.3 Å². The SMILES string of the molecule is O=C(O)c1nc2c(O)cccn2n1. The Morgan fingerprint density at radius 1 is 1.54 bits per heavy atom. The summed E-state index contributed by atoms with van der Waals surface area (Å²) in [7, 11) is 0. The molecule has 0 spiro atoms. The van der Waals surface area contributed by atoms with E-state index < -0.39 is 5.97 Å². The summed E-state index contributed by atoms with van der Waals surface area (Å²) >= 11 is 0. The number of aromatic hydroxyl groups is 1. The number of carbonyl (C=O) groups is 1. The van der Waals surface area contributed by atoms with Crippen LogP contribution in [0.1, 0.15) is 10.6 Å². The van der Waals surface area contributed by atoms with Gasteiger partial charge in [0.1, 0.15) is 0 Å². The van der Waals surface area contributed by atoms with Gasteiger partial charge in [-0.15, -0.1) is 5.10 Å². The zero-order valence-corrected chi connectivity index (χ0v) is 6.38. The minimum absolute atomic E-state index is 0.0949. The number of aromatic nitrogens is 3. The number of pyridine rings is 1. The molecule has 2 aromatic rings. The van der Waals surface area contributed by atoms with Crippen LogP contribution in [0.25, 0.3) is 5.65 Å². The Kier molecular flexibility index (Phi) is 1.42. The van der Waals surface area contributed by atoms with E-state index >= 15 is 0 Å². The monoisotopic (exact) mass is 179 g/mol. The molecule has 0 radical (unpaired) electrons. The lowest BCUT2D eigenvalue weighted by Gasteiger charge is -1.91. The molecular weight excluding hydrogens is 174 g/mol. The lowest BCUT2D eigenvalue weighted by molar-refractivity contribution is 0.0684. The van der Waals surface area contributed by atoms with Gasteiger partial charge in [-0.2, -0.15) is 4.98 Å². The molecule has 0 aliphatic heterocycles. The van der Waals surface area contributed by atoms with E-state index in [0.717, 1.165) is 0 Å². The van der Waals surface area contributed by atoms with Crippen molar-refractivity contribution in [1.82, 2.24) is 14.6 Å². The molecule has 0 unspecified atom stereocenters. The molecule has 6 heteroatoms. The fourth-order valence-electron chi connectivity index (χ4n) is 0.983. The highest BCUT2D eigenvalue weighted by Crippen LogP contribution is 2.14. The lowest BCUT2D eigenvalue weighted by Crippen LogP contribution is -1.98. The van der Waals surface area contributed by atoms with Crippen LogP contribution >= 0.6 is 0 Å². The highest BCUT2D eigenvalue weighted by Gasteiger charge is 2.12. The molecule has 66 valence electrons. The van der Waals surface area contributed by atoms with Gasteiger partial charge in [0.05, 0.1) is 0 Å². The van der Waals surface area contributed by atoms with Gasteiger partial charge in [-0.05, 0) is 12.1 Å². The summed E-state index contributed by atoms with van der Waals surface area (Å²) in [4.78, 5) is 14.1. The third-order valence-electron chi connectivity index (χ3n) is 1.53. The Labute approximate surface area is 72.1 Å². The lowest BCUT2D eigenvalue weighted by atomic mass is 10.4. The van der Waals surface area contributed by atoms with Crippen molar-refractivity contribution in [2.45, 2.75) is 0 Å². The third kappa shape index (κ3) is 1.08. The molecule has 2 aromatic heterocycles. The maximum atomic E-state index is 10.5. The molecular formula is C7H5N3O3. The molecule has 13 heavy (non-hydrogen) atoms. The van der Waals surface area contributed by atoms with Gasteiger partial charge in [0.25, 0.3) is 5.82 Å². The van der Waals surface area contributed by atoms with Crippen LogP contribution in [0, 0.1) is 0 Å². The first-order valence-corrected chi connectivity index (χ1v) is 3.46. The van der Waals surface area contributed by atoms with Crippen molar-refractivity contribution in [2.24, 2.45) is 0 Å². The number of rotatable bonds is 1. The number of hydrogen-bond acceptors (Lipinski definition) is 4. The van der Waals surface area contributed by atoms with Crippen LogP contribution in [-0.4, -0.2) is 30.8 Å². The third-order valence-corrected chi connectivity index (χ3v) is 1.53. The molecule has 0 saturated carbocycles. The first-order valence-electron chi connectivity index (χ1n) is 3.46. The fraction of sp³-hybridized carbons (Fsp3) is 0. The molecule has 0 aliphatic carbocycles. The van der Waals surface area contributed by atoms with Crippen molar-refractivity contribution < 1.29 is 15.0 Å². The van der Waals surface area contributed by atoms with Crippen LogP contribution in [0.2, 0.25) is 0 Å². The Morgan fingerprint density at radius 3 is 2.92 bits per heavy atom. The van der Waals surface area contributed by atoms with Crippen molar-refractivity contribution in [1.29, 1.82) is 0 Å². The van der Waals surface area contributed by atoms with Gasteiger partial charge < -0.3 is 10.2 Å². The summed E-state index contributed by atoms with van der Waals surface area (Å²) in [6.45, 7) is 0. The molecule has 0 bridgehead atoms. The van der Waals surface area contributed by atoms with E-state index in [1.54, 1.807) is 6.07 Å². The fourth-order valence-corrected chi connectivity index (χ4v) is 0.983. The van der Waals surface area contributed by atoms with Gasteiger partial charge in [0, 0.05) is 6.20 Å². The van der Waals surface area contributed by atoms with Gasteiger partial charge in [0.15, 0.2) is 11.4 Å². The second kappa shape index (κ2) is 2.44. The predicted molar refractivity (Wildman–Crippen MR) is 41.6 cm³/mol. The summed E-state index contributed by atoms with van der Waals surface area (Å²) in [6.07, 6.45) is 1.51. The highest BCUT2D eigenvalue weighted by atomic mass is 16.4. The second-order valence-corrected chi connectivity index (χ2v) is 2.40. The molecule has 0 aliphatic rings. The first-order chi connectivity index (χ1) is 6.18. The molecule has 2 N–H and O–H groups in total. The van der Waals surface area contributed by atoms with Crippen molar-refractivity contribution >= 4 is 11.6 Å². The molecule has 0 amide bonds. The minimum atomic E-state index is -1.22. The second-order valence-electron chi connectivity index (χ2n) is 2.40. The van der Waals surface area contributed by atoms with Gasteiger partial charge in [-0.25, -0.2) is 9.31 Å². The summed E-state index contributed by atoms with van der Waals surface area (Å²) < 4.78 is 1.21.